The van der Waals surface area contributed by atoms with Gasteiger partial charge in [0.1, 0.15) is 17.1 Å². The second kappa shape index (κ2) is 9.20. The summed E-state index contributed by atoms with van der Waals surface area (Å²) in [5.41, 5.74) is 1.23. The molecule has 0 radical (unpaired) electrons. The van der Waals surface area contributed by atoms with Crippen molar-refractivity contribution in [2.45, 2.75) is 6.54 Å². The molecule has 5 heteroatoms. The summed E-state index contributed by atoms with van der Waals surface area (Å²) in [6, 6.07) is 25.4. The second-order valence-electron chi connectivity index (χ2n) is 5.75. The van der Waals surface area contributed by atoms with E-state index in [1.54, 1.807) is 36.4 Å². The van der Waals surface area contributed by atoms with Crippen LogP contribution in [0.5, 0.6) is 11.5 Å². The highest BCUT2D eigenvalue weighted by atomic mass is 16.5. The number of carbonyl (C=O) groups excluding carboxylic acids is 2. The van der Waals surface area contributed by atoms with Crippen molar-refractivity contribution in [3.05, 3.63) is 96.1 Å². The minimum absolute atomic E-state index is 0.261. The Morgan fingerprint density at radius 3 is 2.15 bits per heavy atom. The Bertz CT molecular complexity index is 894. The van der Waals surface area contributed by atoms with E-state index < -0.39 is 5.97 Å². The molecule has 5 nitrogen and oxygen atoms in total. The molecule has 3 aromatic carbocycles. The predicted molar refractivity (Wildman–Crippen MR) is 102 cm³/mol. The molecule has 136 valence electrons. The number of hydrogen-bond donors (Lipinski definition) is 1. The van der Waals surface area contributed by atoms with E-state index in [1.165, 1.54) is 0 Å². The fourth-order valence-corrected chi connectivity index (χ4v) is 2.40. The monoisotopic (exact) mass is 361 g/mol. The molecule has 3 rings (SSSR count). The highest BCUT2D eigenvalue weighted by molar-refractivity contribution is 5.94. The van der Waals surface area contributed by atoms with Crippen LogP contribution in [-0.2, 0) is 16.1 Å². The van der Waals surface area contributed by atoms with Crippen LogP contribution in [0.15, 0.2) is 84.9 Å². The summed E-state index contributed by atoms with van der Waals surface area (Å²) in [6.45, 7) is 0.0241. The van der Waals surface area contributed by atoms with E-state index in [4.69, 9.17) is 9.47 Å². The quantitative estimate of drug-likeness (QED) is 0.647. The van der Waals surface area contributed by atoms with Crippen LogP contribution < -0.4 is 10.1 Å². The molecule has 0 spiro atoms. The molecule has 0 heterocycles. The van der Waals surface area contributed by atoms with Gasteiger partial charge >= 0.3 is 5.97 Å². The number of hydrogen-bond acceptors (Lipinski definition) is 4. The van der Waals surface area contributed by atoms with Gasteiger partial charge in [-0.25, -0.2) is 4.79 Å². The predicted octanol–water partition coefficient (Wildman–Crippen LogP) is 3.95. The molecule has 0 fully saturated rings. The van der Waals surface area contributed by atoms with E-state index in [0.717, 1.165) is 5.56 Å². The van der Waals surface area contributed by atoms with E-state index in [9.17, 15) is 9.59 Å². The summed E-state index contributed by atoms with van der Waals surface area (Å²) in [6.07, 6.45) is 0. The molecule has 1 amide bonds. The Balaban J connectivity index is 1.55. The lowest BCUT2D eigenvalue weighted by atomic mass is 10.2. The summed E-state index contributed by atoms with van der Waals surface area (Å²) in [5, 5.41) is 2.71. The Morgan fingerprint density at radius 1 is 0.778 bits per heavy atom. The summed E-state index contributed by atoms with van der Waals surface area (Å²) < 4.78 is 10.9. The van der Waals surface area contributed by atoms with Gasteiger partial charge in [0.2, 0.25) is 0 Å². The molecule has 0 aromatic heterocycles. The number of esters is 1. The molecule has 0 atom stereocenters. The first-order chi connectivity index (χ1) is 13.2. The summed E-state index contributed by atoms with van der Waals surface area (Å²) >= 11 is 0. The lowest BCUT2D eigenvalue weighted by Gasteiger charge is -2.11. The van der Waals surface area contributed by atoms with E-state index >= 15 is 0 Å². The van der Waals surface area contributed by atoms with Crippen LogP contribution >= 0.6 is 0 Å². The minimum Gasteiger partial charge on any atom is -0.456 e. The zero-order valence-electron chi connectivity index (χ0n) is 14.6. The van der Waals surface area contributed by atoms with Crippen LogP contribution in [0.3, 0.4) is 0 Å². The van der Waals surface area contributed by atoms with Crippen molar-refractivity contribution in [2.75, 3.05) is 6.61 Å². The molecule has 0 aliphatic carbocycles. The van der Waals surface area contributed by atoms with Crippen molar-refractivity contribution >= 4 is 11.9 Å². The number of carbonyl (C=O) groups is 2. The fraction of sp³-hybridized carbons (Fsp3) is 0.0909. The third-order valence-electron chi connectivity index (χ3n) is 3.74. The first-order valence-electron chi connectivity index (χ1n) is 8.52. The number of para-hydroxylation sites is 2. The minimum atomic E-state index is -0.614. The molecular formula is C22H19NO4. The van der Waals surface area contributed by atoms with Crippen molar-refractivity contribution in [1.82, 2.24) is 5.32 Å². The lowest BCUT2D eigenvalue weighted by molar-refractivity contribution is -0.124. The number of nitrogens with one attached hydrogen (secondary N) is 1. The molecular weight excluding hydrogens is 342 g/mol. The Kier molecular flexibility index (Phi) is 6.20. The highest BCUT2D eigenvalue weighted by Crippen LogP contribution is 2.25. The van der Waals surface area contributed by atoms with Gasteiger partial charge in [0.15, 0.2) is 6.61 Å². The number of ether oxygens (including phenoxy) is 2. The van der Waals surface area contributed by atoms with Gasteiger partial charge in [0.25, 0.3) is 5.91 Å². The molecule has 27 heavy (non-hydrogen) atoms. The Morgan fingerprint density at radius 2 is 1.41 bits per heavy atom. The average Bonchev–Trinajstić information content (AvgIpc) is 2.72. The maximum atomic E-state index is 12.4. The van der Waals surface area contributed by atoms with Crippen LogP contribution in [0.1, 0.15) is 15.9 Å². The average molecular weight is 361 g/mol. The van der Waals surface area contributed by atoms with Gasteiger partial charge in [-0.3, -0.25) is 4.79 Å². The van der Waals surface area contributed by atoms with E-state index in [2.05, 4.69) is 5.32 Å². The molecule has 0 saturated carbocycles. The van der Waals surface area contributed by atoms with Crippen LogP contribution in [0, 0.1) is 0 Å². The highest BCUT2D eigenvalue weighted by Gasteiger charge is 2.15. The van der Waals surface area contributed by atoms with Crippen molar-refractivity contribution in [3.63, 3.8) is 0 Å². The molecule has 0 unspecified atom stereocenters. The normalized spacial score (nSPS) is 10.1. The van der Waals surface area contributed by atoms with Gasteiger partial charge in [-0.2, -0.15) is 0 Å². The molecule has 1 N–H and O–H groups in total. The topological polar surface area (TPSA) is 64.6 Å². The maximum Gasteiger partial charge on any atom is 0.342 e. The first kappa shape index (κ1) is 18.2. The van der Waals surface area contributed by atoms with Gasteiger partial charge in [-0.15, -0.1) is 0 Å². The second-order valence-corrected chi connectivity index (χ2v) is 5.75. The van der Waals surface area contributed by atoms with Crippen LogP contribution in [-0.4, -0.2) is 18.5 Å². The maximum absolute atomic E-state index is 12.4. The van der Waals surface area contributed by atoms with E-state index in [1.807, 2.05) is 48.5 Å². The summed E-state index contributed by atoms with van der Waals surface area (Å²) in [5.74, 6) is 0.00167. The summed E-state index contributed by atoms with van der Waals surface area (Å²) in [7, 11) is 0. The number of amides is 1. The van der Waals surface area contributed by atoms with Gasteiger partial charge in [-0.05, 0) is 29.8 Å². The van der Waals surface area contributed by atoms with Crippen LogP contribution in [0.4, 0.5) is 0 Å². The van der Waals surface area contributed by atoms with E-state index in [0.29, 0.717) is 18.0 Å². The van der Waals surface area contributed by atoms with Crippen LogP contribution in [0.25, 0.3) is 0 Å². The summed E-state index contributed by atoms with van der Waals surface area (Å²) in [4.78, 5) is 24.3. The van der Waals surface area contributed by atoms with Crippen molar-refractivity contribution in [2.24, 2.45) is 0 Å². The van der Waals surface area contributed by atoms with Crippen LogP contribution in [0.2, 0.25) is 0 Å². The molecule has 0 bridgehead atoms. The SMILES string of the molecule is O=C(COC(=O)c1ccccc1Oc1ccccc1)NCc1ccccc1. The van der Waals surface area contributed by atoms with Crippen molar-refractivity contribution in [1.29, 1.82) is 0 Å². The first-order valence-corrected chi connectivity index (χ1v) is 8.52. The molecule has 0 aliphatic rings. The van der Waals surface area contributed by atoms with Crippen molar-refractivity contribution < 1.29 is 19.1 Å². The zero-order chi connectivity index (χ0) is 18.9. The fourth-order valence-electron chi connectivity index (χ4n) is 2.40. The van der Waals surface area contributed by atoms with Gasteiger partial charge in [0, 0.05) is 6.54 Å². The molecule has 0 aliphatic heterocycles. The Labute approximate surface area is 157 Å². The molecule has 0 saturated heterocycles. The number of benzene rings is 3. The lowest BCUT2D eigenvalue weighted by Crippen LogP contribution is -2.28. The third-order valence-corrected chi connectivity index (χ3v) is 3.74. The van der Waals surface area contributed by atoms with Gasteiger partial charge in [-0.1, -0.05) is 60.7 Å². The zero-order valence-corrected chi connectivity index (χ0v) is 14.6. The van der Waals surface area contributed by atoms with E-state index in [-0.39, 0.29) is 18.1 Å². The van der Waals surface area contributed by atoms with Gasteiger partial charge in [0.05, 0.1) is 0 Å². The molecule has 3 aromatic rings. The van der Waals surface area contributed by atoms with Crippen molar-refractivity contribution in [3.8, 4) is 11.5 Å². The van der Waals surface area contributed by atoms with Gasteiger partial charge < -0.3 is 14.8 Å². The third kappa shape index (κ3) is 5.44. The number of rotatable bonds is 7. The smallest absolute Gasteiger partial charge is 0.342 e. The Hall–Kier alpha value is -3.60. The largest absolute Gasteiger partial charge is 0.456 e. The standard InChI is InChI=1S/C22H19NO4/c24-21(23-15-17-9-3-1-4-10-17)16-26-22(25)19-13-7-8-14-20(19)27-18-11-5-2-6-12-18/h1-14H,15-16H2,(H,23,24).